The zero-order valence-electron chi connectivity index (χ0n) is 12.0. The van der Waals surface area contributed by atoms with Crippen LogP contribution in [0.3, 0.4) is 0 Å². The topological polar surface area (TPSA) is 80.3 Å². The van der Waals surface area contributed by atoms with Gasteiger partial charge in [0.05, 0.1) is 10.6 Å². The number of carbonyl (C=O) groups excluding carboxylic acids is 2. The molecule has 2 rings (SSSR count). The van der Waals surface area contributed by atoms with Gasteiger partial charge in [0.1, 0.15) is 5.75 Å². The molecule has 0 aliphatic heterocycles. The molecule has 23 heavy (non-hydrogen) atoms. The van der Waals surface area contributed by atoms with Crippen LogP contribution < -0.4 is 15.6 Å². The van der Waals surface area contributed by atoms with Crippen molar-refractivity contribution in [3.05, 3.63) is 58.3 Å². The number of aromatic nitrogens is 1. The minimum absolute atomic E-state index is 0.288. The maximum Gasteiger partial charge on any atom is 0.279 e. The Balaban J connectivity index is 1.89. The van der Waals surface area contributed by atoms with Crippen LogP contribution in [0.25, 0.3) is 0 Å². The van der Waals surface area contributed by atoms with Gasteiger partial charge in [-0.1, -0.05) is 23.2 Å². The Morgan fingerprint density at radius 2 is 2.00 bits per heavy atom. The van der Waals surface area contributed by atoms with E-state index in [2.05, 4.69) is 15.8 Å². The van der Waals surface area contributed by atoms with E-state index in [1.165, 1.54) is 19.2 Å². The maximum absolute atomic E-state index is 11.9. The zero-order valence-corrected chi connectivity index (χ0v) is 13.6. The quantitative estimate of drug-likeness (QED) is 0.828. The molecule has 0 bridgehead atoms. The number of pyridine rings is 1. The summed E-state index contributed by atoms with van der Waals surface area (Å²) < 4.78 is 5.43. The molecule has 0 saturated carbocycles. The van der Waals surface area contributed by atoms with Crippen LogP contribution in [0.2, 0.25) is 10.0 Å². The highest BCUT2D eigenvalue weighted by molar-refractivity contribution is 6.35. The molecule has 0 spiro atoms. The van der Waals surface area contributed by atoms with Gasteiger partial charge < -0.3 is 4.74 Å². The first-order valence-electron chi connectivity index (χ1n) is 6.59. The molecule has 2 aromatic rings. The van der Waals surface area contributed by atoms with Gasteiger partial charge in [-0.25, -0.2) is 0 Å². The van der Waals surface area contributed by atoms with Crippen LogP contribution in [0, 0.1) is 0 Å². The first-order chi connectivity index (χ1) is 11.0. The number of nitrogens with one attached hydrogen (secondary N) is 2. The van der Waals surface area contributed by atoms with Crippen LogP contribution in [0.1, 0.15) is 17.3 Å². The Labute approximate surface area is 142 Å². The SMILES string of the molecule is C[C@@H](Oc1ccc(Cl)cc1Cl)C(=O)NNC(=O)c1cccnc1. The minimum Gasteiger partial charge on any atom is -0.479 e. The molecule has 1 atom stereocenters. The number of hydrazine groups is 1. The lowest BCUT2D eigenvalue weighted by atomic mass is 10.3. The van der Waals surface area contributed by atoms with Crippen molar-refractivity contribution in [3.63, 3.8) is 0 Å². The van der Waals surface area contributed by atoms with Gasteiger partial charge in [-0.2, -0.15) is 0 Å². The van der Waals surface area contributed by atoms with Gasteiger partial charge in [0, 0.05) is 17.4 Å². The molecule has 0 unspecified atom stereocenters. The minimum atomic E-state index is -0.872. The van der Waals surface area contributed by atoms with E-state index in [1.54, 1.807) is 30.5 Å². The molecule has 2 amide bonds. The Morgan fingerprint density at radius 1 is 1.22 bits per heavy atom. The first kappa shape index (κ1) is 17.1. The Morgan fingerprint density at radius 3 is 2.65 bits per heavy atom. The molecular weight excluding hydrogens is 341 g/mol. The predicted molar refractivity (Wildman–Crippen MR) is 86.4 cm³/mol. The lowest BCUT2D eigenvalue weighted by molar-refractivity contribution is -0.128. The number of benzene rings is 1. The van der Waals surface area contributed by atoms with E-state index in [4.69, 9.17) is 27.9 Å². The smallest absolute Gasteiger partial charge is 0.279 e. The third-order valence-electron chi connectivity index (χ3n) is 2.79. The Kier molecular flexibility index (Phi) is 5.78. The normalized spacial score (nSPS) is 11.4. The van der Waals surface area contributed by atoms with E-state index in [-0.39, 0.29) is 5.02 Å². The molecule has 8 heteroatoms. The first-order valence-corrected chi connectivity index (χ1v) is 7.35. The Hall–Kier alpha value is -2.31. The summed E-state index contributed by atoms with van der Waals surface area (Å²) in [5, 5.41) is 0.750. The second-order valence-electron chi connectivity index (χ2n) is 4.52. The molecule has 0 aliphatic rings. The fraction of sp³-hybridized carbons (Fsp3) is 0.133. The number of hydrogen-bond donors (Lipinski definition) is 2. The molecule has 0 saturated heterocycles. The van der Waals surface area contributed by atoms with E-state index in [9.17, 15) is 9.59 Å². The van der Waals surface area contributed by atoms with Crippen molar-refractivity contribution in [3.8, 4) is 5.75 Å². The highest BCUT2D eigenvalue weighted by Gasteiger charge is 2.17. The maximum atomic E-state index is 11.9. The second-order valence-corrected chi connectivity index (χ2v) is 5.36. The van der Waals surface area contributed by atoms with Crippen molar-refractivity contribution in [1.82, 2.24) is 15.8 Å². The van der Waals surface area contributed by atoms with Crippen LogP contribution >= 0.6 is 23.2 Å². The third-order valence-corrected chi connectivity index (χ3v) is 3.32. The molecular formula is C15H13Cl2N3O3. The van der Waals surface area contributed by atoms with Crippen LogP contribution in [0.5, 0.6) is 5.75 Å². The van der Waals surface area contributed by atoms with Crippen LogP contribution in [0.4, 0.5) is 0 Å². The van der Waals surface area contributed by atoms with Gasteiger partial charge in [0.2, 0.25) is 0 Å². The fourth-order valence-electron chi connectivity index (χ4n) is 1.60. The molecule has 1 aromatic carbocycles. The van der Waals surface area contributed by atoms with Gasteiger partial charge in [0.25, 0.3) is 11.8 Å². The molecule has 0 fully saturated rings. The third kappa shape index (κ3) is 4.84. The standard InChI is InChI=1S/C15H13Cl2N3O3/c1-9(23-13-5-4-11(16)7-12(13)17)14(21)19-20-15(22)10-3-2-6-18-8-10/h2-9H,1H3,(H,19,21)(H,20,22)/t9-/m1/s1. The van der Waals surface area contributed by atoms with Gasteiger partial charge in [-0.3, -0.25) is 25.4 Å². The van der Waals surface area contributed by atoms with Crippen molar-refractivity contribution in [2.75, 3.05) is 0 Å². The summed E-state index contributed by atoms with van der Waals surface area (Å²) in [6.07, 6.45) is 2.05. The highest BCUT2D eigenvalue weighted by Crippen LogP contribution is 2.28. The molecule has 2 N–H and O–H groups in total. The zero-order chi connectivity index (χ0) is 16.8. The molecule has 120 valence electrons. The van der Waals surface area contributed by atoms with Crippen LogP contribution in [-0.2, 0) is 4.79 Å². The number of rotatable bonds is 4. The summed E-state index contributed by atoms with van der Waals surface area (Å²) in [5.74, 6) is -0.700. The van der Waals surface area contributed by atoms with Gasteiger partial charge >= 0.3 is 0 Å². The van der Waals surface area contributed by atoms with Crippen molar-refractivity contribution >= 4 is 35.0 Å². The van der Waals surface area contributed by atoms with Gasteiger partial charge in [-0.15, -0.1) is 0 Å². The lowest BCUT2D eigenvalue weighted by Crippen LogP contribution is -2.47. The summed E-state index contributed by atoms with van der Waals surface area (Å²) in [6.45, 7) is 1.52. The average Bonchev–Trinajstić information content (AvgIpc) is 2.55. The van der Waals surface area contributed by atoms with Crippen molar-refractivity contribution in [1.29, 1.82) is 0 Å². The Bertz CT molecular complexity index is 710. The number of amides is 2. The molecule has 0 aliphatic carbocycles. The number of halogens is 2. The summed E-state index contributed by atoms with van der Waals surface area (Å²) in [7, 11) is 0. The summed E-state index contributed by atoms with van der Waals surface area (Å²) in [4.78, 5) is 27.5. The van der Waals surface area contributed by atoms with Crippen molar-refractivity contribution < 1.29 is 14.3 Å². The van der Waals surface area contributed by atoms with Crippen molar-refractivity contribution in [2.45, 2.75) is 13.0 Å². The summed E-state index contributed by atoms with van der Waals surface area (Å²) in [5.41, 5.74) is 4.87. The highest BCUT2D eigenvalue weighted by atomic mass is 35.5. The molecule has 1 aromatic heterocycles. The van der Waals surface area contributed by atoms with E-state index in [0.29, 0.717) is 16.3 Å². The van der Waals surface area contributed by atoms with Gasteiger partial charge in [-0.05, 0) is 37.3 Å². The monoisotopic (exact) mass is 353 g/mol. The lowest BCUT2D eigenvalue weighted by Gasteiger charge is -2.16. The van der Waals surface area contributed by atoms with Crippen LogP contribution in [-0.4, -0.2) is 22.9 Å². The number of nitrogens with zero attached hydrogens (tertiary/aromatic N) is 1. The van der Waals surface area contributed by atoms with E-state index in [1.807, 2.05) is 0 Å². The molecule has 1 heterocycles. The largest absolute Gasteiger partial charge is 0.479 e. The van der Waals surface area contributed by atoms with E-state index < -0.39 is 17.9 Å². The second kappa shape index (κ2) is 7.80. The summed E-state index contributed by atoms with van der Waals surface area (Å²) in [6, 6.07) is 7.85. The van der Waals surface area contributed by atoms with Crippen LogP contribution in [0.15, 0.2) is 42.7 Å². The van der Waals surface area contributed by atoms with E-state index in [0.717, 1.165) is 0 Å². The number of carbonyl (C=O) groups is 2. The molecule has 0 radical (unpaired) electrons. The van der Waals surface area contributed by atoms with Crippen molar-refractivity contribution in [2.24, 2.45) is 0 Å². The number of ether oxygens (including phenoxy) is 1. The summed E-state index contributed by atoms with van der Waals surface area (Å²) >= 11 is 11.8. The van der Waals surface area contributed by atoms with E-state index >= 15 is 0 Å². The number of hydrogen-bond acceptors (Lipinski definition) is 4. The molecule has 6 nitrogen and oxygen atoms in total. The predicted octanol–water partition coefficient (Wildman–Crippen LogP) is 2.62. The van der Waals surface area contributed by atoms with Gasteiger partial charge in [0.15, 0.2) is 6.10 Å². The fourth-order valence-corrected chi connectivity index (χ4v) is 2.06. The average molecular weight is 354 g/mol.